The summed E-state index contributed by atoms with van der Waals surface area (Å²) >= 11 is 7.43. The summed E-state index contributed by atoms with van der Waals surface area (Å²) in [6.45, 7) is 2.09. The molecule has 0 atom stereocenters. The number of thioether (sulfide) groups is 1. The number of aromatic nitrogens is 2. The van der Waals surface area contributed by atoms with Gasteiger partial charge in [0.05, 0.1) is 5.69 Å². The van der Waals surface area contributed by atoms with Crippen molar-refractivity contribution in [1.82, 2.24) is 9.97 Å². The first-order valence-electron chi connectivity index (χ1n) is 6.57. The van der Waals surface area contributed by atoms with Crippen molar-refractivity contribution in [2.24, 2.45) is 0 Å². The van der Waals surface area contributed by atoms with E-state index in [1.165, 1.54) is 0 Å². The maximum atomic E-state index is 9.25. The summed E-state index contributed by atoms with van der Waals surface area (Å²) in [6, 6.07) is 9.57. The lowest BCUT2D eigenvalue weighted by Gasteiger charge is -2.08. The predicted molar refractivity (Wildman–Crippen MR) is 86.4 cm³/mol. The van der Waals surface area contributed by atoms with Gasteiger partial charge >= 0.3 is 0 Å². The van der Waals surface area contributed by atoms with Crippen molar-refractivity contribution in [1.29, 1.82) is 5.26 Å². The highest BCUT2D eigenvalue weighted by molar-refractivity contribution is 7.99. The molecule has 0 aliphatic carbocycles. The number of halogens is 1. The predicted octanol–water partition coefficient (Wildman–Crippen LogP) is 3.68. The van der Waals surface area contributed by atoms with E-state index >= 15 is 0 Å². The zero-order valence-corrected chi connectivity index (χ0v) is 13.2. The van der Waals surface area contributed by atoms with Crippen molar-refractivity contribution < 1.29 is 0 Å². The Bertz CT molecular complexity index is 665. The van der Waals surface area contributed by atoms with Crippen LogP contribution in [0.5, 0.6) is 0 Å². The lowest BCUT2D eigenvalue weighted by Crippen LogP contribution is -2.06. The molecule has 108 valence electrons. The molecule has 4 nitrogen and oxygen atoms in total. The number of hydrogen-bond donors (Lipinski definition) is 1. The average Bonchev–Trinajstić information content (AvgIpc) is 2.47. The Morgan fingerprint density at radius 2 is 2.00 bits per heavy atom. The Morgan fingerprint density at radius 1 is 1.29 bits per heavy atom. The van der Waals surface area contributed by atoms with E-state index in [9.17, 15) is 5.26 Å². The maximum Gasteiger partial charge on any atom is 0.189 e. The molecule has 2 N–H and O–H groups in total. The molecule has 0 saturated heterocycles. The van der Waals surface area contributed by atoms with Gasteiger partial charge in [-0.05, 0) is 24.1 Å². The molecule has 0 saturated carbocycles. The van der Waals surface area contributed by atoms with Crippen LogP contribution in [0.15, 0.2) is 29.4 Å². The summed E-state index contributed by atoms with van der Waals surface area (Å²) in [6.07, 6.45) is 1.56. The van der Waals surface area contributed by atoms with Gasteiger partial charge in [-0.25, -0.2) is 9.97 Å². The van der Waals surface area contributed by atoms with Crippen molar-refractivity contribution >= 4 is 29.2 Å². The second-order valence-electron chi connectivity index (χ2n) is 4.48. The Kier molecular flexibility index (Phi) is 5.43. The third kappa shape index (κ3) is 4.10. The lowest BCUT2D eigenvalue weighted by molar-refractivity contribution is 0.900. The van der Waals surface area contributed by atoms with Gasteiger partial charge in [0.25, 0.3) is 0 Å². The number of rotatable bonds is 5. The van der Waals surface area contributed by atoms with Crippen LogP contribution in [-0.4, -0.2) is 15.7 Å². The first-order valence-corrected chi connectivity index (χ1v) is 7.94. The topological polar surface area (TPSA) is 75.6 Å². The number of nitriles is 1. The molecule has 0 fully saturated rings. The number of nitrogen functional groups attached to an aromatic ring is 1. The fourth-order valence-corrected chi connectivity index (χ4v) is 2.66. The van der Waals surface area contributed by atoms with Gasteiger partial charge in [-0.15, -0.1) is 0 Å². The SMILES string of the molecule is CCCSc1nc(N)c(C#N)c(Cc2ccc(Cl)cc2)n1. The van der Waals surface area contributed by atoms with Crippen LogP contribution in [0.4, 0.5) is 5.82 Å². The molecule has 0 aliphatic rings. The van der Waals surface area contributed by atoms with E-state index < -0.39 is 0 Å². The molecule has 21 heavy (non-hydrogen) atoms. The largest absolute Gasteiger partial charge is 0.382 e. The van der Waals surface area contributed by atoms with Gasteiger partial charge in [0.1, 0.15) is 17.5 Å². The summed E-state index contributed by atoms with van der Waals surface area (Å²) < 4.78 is 0. The number of anilines is 1. The fraction of sp³-hybridized carbons (Fsp3) is 0.267. The van der Waals surface area contributed by atoms with Gasteiger partial charge in [0, 0.05) is 17.2 Å². The minimum Gasteiger partial charge on any atom is -0.382 e. The smallest absolute Gasteiger partial charge is 0.189 e. The molecule has 1 heterocycles. The second-order valence-corrected chi connectivity index (χ2v) is 5.98. The van der Waals surface area contributed by atoms with E-state index in [0.29, 0.717) is 27.9 Å². The van der Waals surface area contributed by atoms with E-state index in [2.05, 4.69) is 23.0 Å². The highest BCUT2D eigenvalue weighted by Crippen LogP contribution is 2.22. The van der Waals surface area contributed by atoms with Crippen LogP contribution < -0.4 is 5.73 Å². The summed E-state index contributed by atoms with van der Waals surface area (Å²) in [7, 11) is 0. The van der Waals surface area contributed by atoms with Gasteiger partial charge < -0.3 is 5.73 Å². The molecule has 0 radical (unpaired) electrons. The Hall–Kier alpha value is -1.77. The third-order valence-electron chi connectivity index (χ3n) is 2.82. The molecule has 0 aliphatic heterocycles. The highest BCUT2D eigenvalue weighted by Gasteiger charge is 2.13. The molecular formula is C15H15ClN4S. The minimum absolute atomic E-state index is 0.245. The molecule has 1 aromatic heterocycles. The van der Waals surface area contributed by atoms with Crippen LogP contribution in [0.2, 0.25) is 5.02 Å². The van der Waals surface area contributed by atoms with Gasteiger partial charge in [-0.2, -0.15) is 5.26 Å². The third-order valence-corrected chi connectivity index (χ3v) is 4.13. The monoisotopic (exact) mass is 318 g/mol. The molecule has 0 amide bonds. The van der Waals surface area contributed by atoms with Crippen molar-refractivity contribution in [3.63, 3.8) is 0 Å². The summed E-state index contributed by atoms with van der Waals surface area (Å²) in [5.41, 5.74) is 7.91. The second kappa shape index (κ2) is 7.30. The summed E-state index contributed by atoms with van der Waals surface area (Å²) in [4.78, 5) is 8.66. The molecular weight excluding hydrogens is 304 g/mol. The van der Waals surface area contributed by atoms with Gasteiger partial charge in [0.15, 0.2) is 5.16 Å². The van der Waals surface area contributed by atoms with Crippen molar-refractivity contribution in [3.8, 4) is 6.07 Å². The number of nitrogens with two attached hydrogens (primary N) is 1. The van der Waals surface area contributed by atoms with E-state index in [-0.39, 0.29) is 5.82 Å². The molecule has 2 aromatic rings. The Balaban J connectivity index is 2.33. The zero-order chi connectivity index (χ0) is 15.2. The van der Waals surface area contributed by atoms with Crippen LogP contribution in [0.1, 0.15) is 30.2 Å². The average molecular weight is 319 g/mol. The maximum absolute atomic E-state index is 9.25. The van der Waals surface area contributed by atoms with Crippen molar-refractivity contribution in [3.05, 3.63) is 46.1 Å². The van der Waals surface area contributed by atoms with Crippen LogP contribution >= 0.6 is 23.4 Å². The van der Waals surface area contributed by atoms with E-state index in [1.807, 2.05) is 24.3 Å². The van der Waals surface area contributed by atoms with Crippen molar-refractivity contribution in [2.75, 3.05) is 11.5 Å². The first-order chi connectivity index (χ1) is 10.1. The van der Waals surface area contributed by atoms with E-state index in [4.69, 9.17) is 17.3 Å². The number of benzene rings is 1. The zero-order valence-electron chi connectivity index (χ0n) is 11.6. The van der Waals surface area contributed by atoms with Crippen molar-refractivity contribution in [2.45, 2.75) is 24.9 Å². The quantitative estimate of drug-likeness (QED) is 0.672. The van der Waals surface area contributed by atoms with Crippen LogP contribution in [0.25, 0.3) is 0 Å². The summed E-state index contributed by atoms with van der Waals surface area (Å²) in [5.74, 6) is 1.17. The summed E-state index contributed by atoms with van der Waals surface area (Å²) in [5, 5.41) is 10.6. The van der Waals surface area contributed by atoms with Gasteiger partial charge in [-0.1, -0.05) is 42.4 Å². The standard InChI is InChI=1S/C15H15ClN4S/c1-2-7-21-15-19-13(12(9-17)14(18)20-15)8-10-3-5-11(16)6-4-10/h3-6H,2,7-8H2,1H3,(H2,18,19,20). The molecule has 6 heteroatoms. The normalized spacial score (nSPS) is 10.3. The van der Waals surface area contributed by atoms with E-state index in [0.717, 1.165) is 17.7 Å². The Labute approximate surface area is 133 Å². The van der Waals surface area contributed by atoms with E-state index in [1.54, 1.807) is 11.8 Å². The number of nitrogens with zero attached hydrogens (tertiary/aromatic N) is 3. The van der Waals surface area contributed by atoms with Gasteiger partial charge in [-0.3, -0.25) is 0 Å². The van der Waals surface area contributed by atoms with Crippen LogP contribution in [0, 0.1) is 11.3 Å². The number of hydrogen-bond acceptors (Lipinski definition) is 5. The molecule has 0 unspecified atom stereocenters. The first kappa shape index (κ1) is 15.6. The lowest BCUT2D eigenvalue weighted by atomic mass is 10.1. The molecule has 0 bridgehead atoms. The molecule has 0 spiro atoms. The molecule has 2 rings (SSSR count). The van der Waals surface area contributed by atoms with Crippen LogP contribution in [0.3, 0.4) is 0 Å². The highest BCUT2D eigenvalue weighted by atomic mass is 35.5. The molecule has 1 aromatic carbocycles. The Morgan fingerprint density at radius 3 is 2.62 bits per heavy atom. The van der Waals surface area contributed by atoms with Crippen LogP contribution in [-0.2, 0) is 6.42 Å². The minimum atomic E-state index is 0.245. The van der Waals surface area contributed by atoms with Gasteiger partial charge in [0.2, 0.25) is 0 Å². The fourth-order valence-electron chi connectivity index (χ4n) is 1.81.